The van der Waals surface area contributed by atoms with Crippen molar-refractivity contribution < 1.29 is 9.18 Å². The molecule has 1 amide bonds. The second-order valence-corrected chi connectivity index (χ2v) is 7.99. The highest BCUT2D eigenvalue weighted by Crippen LogP contribution is 2.35. The summed E-state index contributed by atoms with van der Waals surface area (Å²) in [6, 6.07) is 13.8. The molecule has 1 atom stereocenters. The van der Waals surface area contributed by atoms with Crippen molar-refractivity contribution in [2.45, 2.75) is 51.1 Å². The van der Waals surface area contributed by atoms with Gasteiger partial charge in [0.05, 0.1) is 11.7 Å². The Hall–Kier alpha value is -2.27. The number of likely N-dealkylation sites (tertiary alicyclic amines) is 2. The molecule has 0 aliphatic carbocycles. The van der Waals surface area contributed by atoms with Crippen molar-refractivity contribution in [3.05, 3.63) is 65.2 Å². The maximum atomic E-state index is 13.1. The van der Waals surface area contributed by atoms with Gasteiger partial charge in [-0.1, -0.05) is 18.2 Å². The molecule has 4 rings (SSSR count). The topological polar surface area (TPSA) is 36.4 Å². The zero-order valence-corrected chi connectivity index (χ0v) is 16.5. The first-order valence-electron chi connectivity index (χ1n) is 10.3. The first-order chi connectivity index (χ1) is 13.6. The largest absolute Gasteiger partial charge is 0.343 e. The number of amides is 1. The van der Waals surface area contributed by atoms with Crippen LogP contribution in [-0.4, -0.2) is 46.4 Å². The number of rotatable bonds is 4. The van der Waals surface area contributed by atoms with E-state index in [0.717, 1.165) is 62.3 Å². The van der Waals surface area contributed by atoms with Crippen molar-refractivity contribution in [1.82, 2.24) is 14.8 Å². The molecule has 2 aliphatic rings. The van der Waals surface area contributed by atoms with Crippen LogP contribution >= 0.6 is 0 Å². The van der Waals surface area contributed by atoms with Crippen molar-refractivity contribution in [2.75, 3.05) is 19.6 Å². The van der Waals surface area contributed by atoms with E-state index in [0.29, 0.717) is 12.1 Å². The summed E-state index contributed by atoms with van der Waals surface area (Å²) in [6.07, 6.45) is 5.15. The third kappa shape index (κ3) is 4.25. The maximum absolute atomic E-state index is 13.1. The van der Waals surface area contributed by atoms with Crippen molar-refractivity contribution in [3.63, 3.8) is 0 Å². The molecule has 1 aromatic carbocycles. The minimum atomic E-state index is -0.206. The first-order valence-corrected chi connectivity index (χ1v) is 10.3. The lowest BCUT2D eigenvalue weighted by Crippen LogP contribution is -2.46. The normalized spacial score (nSPS) is 21.2. The summed E-state index contributed by atoms with van der Waals surface area (Å²) in [4.78, 5) is 21.1. The summed E-state index contributed by atoms with van der Waals surface area (Å²) in [6.45, 7) is 4.50. The molecular weight excluding hydrogens is 353 g/mol. The number of halogens is 1. The number of carbonyl (C=O) groups excluding carboxylic acids is 1. The molecule has 2 fully saturated rings. The SMILES string of the molecule is CC(=O)N1CCC(N2CCC[C@H]2c2cccc(Cc3ccc(F)cc3)n2)CC1. The molecule has 2 aliphatic heterocycles. The molecule has 0 N–H and O–H groups in total. The van der Waals surface area contributed by atoms with E-state index in [1.54, 1.807) is 6.92 Å². The molecule has 0 saturated carbocycles. The number of carbonyl (C=O) groups is 1. The van der Waals surface area contributed by atoms with Crippen LogP contribution in [0.2, 0.25) is 0 Å². The Balaban J connectivity index is 1.45. The van der Waals surface area contributed by atoms with Gasteiger partial charge in [0.25, 0.3) is 0 Å². The highest BCUT2D eigenvalue weighted by atomic mass is 19.1. The third-order valence-electron chi connectivity index (χ3n) is 6.14. The van der Waals surface area contributed by atoms with Crippen LogP contribution in [0.15, 0.2) is 42.5 Å². The van der Waals surface area contributed by atoms with E-state index in [4.69, 9.17) is 4.98 Å². The smallest absolute Gasteiger partial charge is 0.219 e. The van der Waals surface area contributed by atoms with Gasteiger partial charge >= 0.3 is 0 Å². The Kier molecular flexibility index (Phi) is 5.72. The fourth-order valence-corrected chi connectivity index (χ4v) is 4.65. The van der Waals surface area contributed by atoms with Gasteiger partial charge < -0.3 is 4.90 Å². The molecule has 3 heterocycles. The Bertz CT molecular complexity index is 815. The lowest BCUT2D eigenvalue weighted by molar-refractivity contribution is -0.130. The number of hydrogen-bond donors (Lipinski definition) is 0. The summed E-state index contributed by atoms with van der Waals surface area (Å²) >= 11 is 0. The maximum Gasteiger partial charge on any atom is 0.219 e. The van der Waals surface area contributed by atoms with Gasteiger partial charge in [0.15, 0.2) is 0 Å². The zero-order chi connectivity index (χ0) is 19.5. The van der Waals surface area contributed by atoms with Gasteiger partial charge in [-0.3, -0.25) is 14.7 Å². The molecule has 0 radical (unpaired) electrons. The number of piperidine rings is 1. The van der Waals surface area contributed by atoms with Crippen LogP contribution in [-0.2, 0) is 11.2 Å². The third-order valence-corrected chi connectivity index (χ3v) is 6.14. The fourth-order valence-electron chi connectivity index (χ4n) is 4.65. The van der Waals surface area contributed by atoms with Gasteiger partial charge in [-0.25, -0.2) is 4.39 Å². The van der Waals surface area contributed by atoms with Crippen LogP contribution in [0.3, 0.4) is 0 Å². The van der Waals surface area contributed by atoms with Crippen LogP contribution in [0, 0.1) is 5.82 Å². The van der Waals surface area contributed by atoms with E-state index in [9.17, 15) is 9.18 Å². The Morgan fingerprint density at radius 3 is 2.54 bits per heavy atom. The Morgan fingerprint density at radius 1 is 1.07 bits per heavy atom. The highest BCUT2D eigenvalue weighted by Gasteiger charge is 2.34. The zero-order valence-electron chi connectivity index (χ0n) is 16.5. The monoisotopic (exact) mass is 381 g/mol. The average molecular weight is 381 g/mol. The van der Waals surface area contributed by atoms with Crippen LogP contribution in [0.5, 0.6) is 0 Å². The summed E-state index contributed by atoms with van der Waals surface area (Å²) in [5.41, 5.74) is 3.25. The summed E-state index contributed by atoms with van der Waals surface area (Å²) in [5, 5.41) is 0. The molecule has 0 unspecified atom stereocenters. The summed E-state index contributed by atoms with van der Waals surface area (Å²) in [7, 11) is 0. The molecule has 0 spiro atoms. The molecule has 4 nitrogen and oxygen atoms in total. The molecular formula is C23H28FN3O. The molecule has 28 heavy (non-hydrogen) atoms. The predicted octanol–water partition coefficient (Wildman–Crippen LogP) is 3.96. The van der Waals surface area contributed by atoms with E-state index in [2.05, 4.69) is 23.1 Å². The first kappa shape index (κ1) is 19.1. The molecule has 2 saturated heterocycles. The van der Waals surface area contributed by atoms with E-state index in [1.165, 1.54) is 18.6 Å². The van der Waals surface area contributed by atoms with E-state index in [-0.39, 0.29) is 11.7 Å². The van der Waals surface area contributed by atoms with Crippen molar-refractivity contribution in [3.8, 4) is 0 Å². The van der Waals surface area contributed by atoms with E-state index >= 15 is 0 Å². The van der Waals surface area contributed by atoms with Gasteiger partial charge in [-0.2, -0.15) is 0 Å². The van der Waals surface area contributed by atoms with E-state index < -0.39 is 0 Å². The molecule has 148 valence electrons. The van der Waals surface area contributed by atoms with Gasteiger partial charge in [0.2, 0.25) is 5.91 Å². The van der Waals surface area contributed by atoms with Gasteiger partial charge in [0, 0.05) is 38.2 Å². The minimum Gasteiger partial charge on any atom is -0.343 e. The average Bonchev–Trinajstić information content (AvgIpc) is 3.20. The second kappa shape index (κ2) is 8.39. The van der Waals surface area contributed by atoms with Crippen molar-refractivity contribution >= 4 is 5.91 Å². The summed E-state index contributed by atoms with van der Waals surface area (Å²) < 4.78 is 13.1. The van der Waals surface area contributed by atoms with E-state index in [1.807, 2.05) is 17.0 Å². The minimum absolute atomic E-state index is 0.187. The highest BCUT2D eigenvalue weighted by molar-refractivity contribution is 5.73. The lowest BCUT2D eigenvalue weighted by Gasteiger charge is -2.39. The predicted molar refractivity (Wildman–Crippen MR) is 107 cm³/mol. The second-order valence-electron chi connectivity index (χ2n) is 7.99. The number of aromatic nitrogens is 1. The lowest BCUT2D eigenvalue weighted by atomic mass is 10.0. The van der Waals surface area contributed by atoms with Gasteiger partial charge in [0.1, 0.15) is 5.82 Å². The number of pyridine rings is 1. The van der Waals surface area contributed by atoms with Crippen LogP contribution in [0.25, 0.3) is 0 Å². The molecule has 2 aromatic rings. The molecule has 0 bridgehead atoms. The van der Waals surface area contributed by atoms with Crippen LogP contribution in [0.1, 0.15) is 55.6 Å². The quantitative estimate of drug-likeness (QED) is 0.804. The van der Waals surface area contributed by atoms with Crippen LogP contribution < -0.4 is 0 Å². The number of nitrogens with zero attached hydrogens (tertiary/aromatic N) is 3. The Morgan fingerprint density at radius 2 is 1.82 bits per heavy atom. The Labute approximate surface area is 166 Å². The standard InChI is InChI=1S/C23H28FN3O/c1-17(28)26-14-11-21(12-15-26)27-13-3-6-23(27)22-5-2-4-20(25-22)16-18-7-9-19(24)10-8-18/h2,4-5,7-10,21,23H,3,6,11-16H2,1H3/t23-/m0/s1. The number of hydrogen-bond acceptors (Lipinski definition) is 3. The van der Waals surface area contributed by atoms with Gasteiger partial charge in [-0.05, 0) is 62.1 Å². The fraction of sp³-hybridized carbons (Fsp3) is 0.478. The van der Waals surface area contributed by atoms with Crippen LogP contribution in [0.4, 0.5) is 4.39 Å². The van der Waals surface area contributed by atoms with Crippen molar-refractivity contribution in [2.24, 2.45) is 0 Å². The molecule has 5 heteroatoms. The molecule has 1 aromatic heterocycles. The summed E-state index contributed by atoms with van der Waals surface area (Å²) in [5.74, 6) is -0.0190. The number of benzene rings is 1. The van der Waals surface area contributed by atoms with Crippen molar-refractivity contribution in [1.29, 1.82) is 0 Å². The van der Waals surface area contributed by atoms with Gasteiger partial charge in [-0.15, -0.1) is 0 Å².